The number of carbonyl (C=O) groups is 2. The van der Waals surface area contributed by atoms with E-state index in [1.54, 1.807) is 7.05 Å². The molecule has 1 aromatic heterocycles. The van der Waals surface area contributed by atoms with Gasteiger partial charge >= 0.3 is 6.03 Å². The topological polar surface area (TPSA) is 127 Å². The van der Waals surface area contributed by atoms with Gasteiger partial charge in [0.1, 0.15) is 6.26 Å². The van der Waals surface area contributed by atoms with E-state index in [0.29, 0.717) is 30.4 Å². The molecule has 0 spiro atoms. The van der Waals surface area contributed by atoms with Crippen LogP contribution in [0.4, 0.5) is 10.5 Å². The molecule has 2 unspecified atom stereocenters. The predicted octanol–water partition coefficient (Wildman–Crippen LogP) is 4.55. The molecule has 3 heterocycles. The second-order valence-corrected chi connectivity index (χ2v) is 12.5. The summed E-state index contributed by atoms with van der Waals surface area (Å²) in [7, 11) is 1.64. The van der Waals surface area contributed by atoms with Gasteiger partial charge in [0, 0.05) is 56.3 Å². The zero-order valence-electron chi connectivity index (χ0n) is 26.4. The Morgan fingerprint density at radius 3 is 2.47 bits per heavy atom. The summed E-state index contributed by atoms with van der Waals surface area (Å²) in [5, 5.41) is 18.2. The van der Waals surface area contributed by atoms with Gasteiger partial charge in [0.25, 0.3) is 5.91 Å². The molecule has 0 radical (unpaired) electrons. The average molecular weight is 612 g/mol. The number of aromatic nitrogens is 1. The number of piperidine rings is 1. The van der Waals surface area contributed by atoms with Gasteiger partial charge < -0.3 is 30.2 Å². The van der Waals surface area contributed by atoms with Gasteiger partial charge in [-0.3, -0.25) is 4.79 Å². The molecule has 10 heteroatoms. The molecule has 5 rings (SSSR count). The van der Waals surface area contributed by atoms with Crippen molar-refractivity contribution in [1.82, 2.24) is 25.8 Å². The van der Waals surface area contributed by atoms with E-state index in [9.17, 15) is 9.59 Å². The number of rotatable bonds is 13. The fourth-order valence-electron chi connectivity index (χ4n) is 7.21. The smallest absolute Gasteiger partial charge is 0.314 e. The first kappa shape index (κ1) is 32.0. The molecule has 45 heavy (non-hydrogen) atoms. The normalized spacial score (nSPS) is 17.8. The van der Waals surface area contributed by atoms with Gasteiger partial charge in [0.05, 0.1) is 11.6 Å². The van der Waals surface area contributed by atoms with Crippen LogP contribution in [0.2, 0.25) is 0 Å². The number of urea groups is 1. The van der Waals surface area contributed by atoms with Crippen molar-refractivity contribution in [2.24, 2.45) is 11.8 Å². The van der Waals surface area contributed by atoms with Gasteiger partial charge in [-0.2, -0.15) is 5.26 Å². The number of benzene rings is 2. The predicted molar refractivity (Wildman–Crippen MR) is 174 cm³/mol. The molecular weight excluding hydrogens is 566 g/mol. The fourth-order valence-corrected chi connectivity index (χ4v) is 7.21. The van der Waals surface area contributed by atoms with Crippen molar-refractivity contribution in [1.29, 1.82) is 5.26 Å². The molecule has 3 N–H and O–H groups in total. The van der Waals surface area contributed by atoms with Crippen molar-refractivity contribution in [3.8, 4) is 6.07 Å². The van der Waals surface area contributed by atoms with E-state index in [0.717, 1.165) is 58.4 Å². The Kier molecular flexibility index (Phi) is 10.7. The van der Waals surface area contributed by atoms with Crippen molar-refractivity contribution < 1.29 is 14.0 Å². The van der Waals surface area contributed by atoms with E-state index in [4.69, 9.17) is 9.68 Å². The van der Waals surface area contributed by atoms with Crippen LogP contribution in [-0.4, -0.2) is 74.2 Å². The van der Waals surface area contributed by atoms with Gasteiger partial charge in [0.2, 0.25) is 0 Å². The number of oxazole rings is 1. The number of likely N-dealkylation sites (tertiary alicyclic amines) is 1. The first-order valence-corrected chi connectivity index (χ1v) is 16.1. The van der Waals surface area contributed by atoms with Crippen molar-refractivity contribution in [3.63, 3.8) is 0 Å². The van der Waals surface area contributed by atoms with Gasteiger partial charge in [-0.15, -0.1) is 0 Å². The number of nitrogens with one attached hydrogen (secondary N) is 3. The van der Waals surface area contributed by atoms with Crippen LogP contribution in [0, 0.1) is 23.2 Å². The highest BCUT2D eigenvalue weighted by Gasteiger charge is 2.44. The average Bonchev–Trinajstić information content (AvgIpc) is 3.61. The van der Waals surface area contributed by atoms with Gasteiger partial charge in [-0.05, 0) is 74.5 Å². The lowest BCUT2D eigenvalue weighted by atomic mass is 9.63. The number of carbonyl (C=O) groups excluding carboxylic acids is 2. The maximum atomic E-state index is 13.1. The van der Waals surface area contributed by atoms with E-state index in [1.807, 2.05) is 30.3 Å². The maximum Gasteiger partial charge on any atom is 0.314 e. The summed E-state index contributed by atoms with van der Waals surface area (Å²) in [4.78, 5) is 34.7. The molecule has 3 amide bonds. The summed E-state index contributed by atoms with van der Waals surface area (Å²) in [6, 6.07) is 20.3. The molecule has 2 aliphatic heterocycles. The maximum absolute atomic E-state index is 13.1. The zero-order valence-corrected chi connectivity index (χ0v) is 26.4. The van der Waals surface area contributed by atoms with E-state index in [2.05, 4.69) is 68.0 Å². The van der Waals surface area contributed by atoms with Crippen molar-refractivity contribution in [2.45, 2.75) is 50.5 Å². The SMILES string of the molecule is CCCC(CC(CNC(=O)c1cocn1)(c1ccccc1)C1CCN(CC2CN(c3ccc(C#N)cc3)C2)CC1)NC(=O)NC. The minimum Gasteiger partial charge on any atom is -0.451 e. The molecule has 2 aromatic carbocycles. The van der Waals surface area contributed by atoms with Crippen LogP contribution in [0.3, 0.4) is 0 Å². The Morgan fingerprint density at radius 1 is 1.11 bits per heavy atom. The molecule has 3 aromatic rings. The Balaban J connectivity index is 1.30. The number of amides is 3. The van der Waals surface area contributed by atoms with Gasteiger partial charge in [0.15, 0.2) is 12.1 Å². The summed E-state index contributed by atoms with van der Waals surface area (Å²) in [6.07, 6.45) is 7.13. The van der Waals surface area contributed by atoms with Crippen molar-refractivity contribution in [3.05, 3.63) is 84.1 Å². The summed E-state index contributed by atoms with van der Waals surface area (Å²) < 4.78 is 5.07. The van der Waals surface area contributed by atoms with Crippen LogP contribution in [0.1, 0.15) is 60.6 Å². The molecule has 238 valence electrons. The Morgan fingerprint density at radius 2 is 1.84 bits per heavy atom. The van der Waals surface area contributed by atoms with Gasteiger partial charge in [-0.1, -0.05) is 43.7 Å². The van der Waals surface area contributed by atoms with Crippen LogP contribution in [0.15, 0.2) is 71.7 Å². The molecule has 2 fully saturated rings. The molecule has 2 atom stereocenters. The highest BCUT2D eigenvalue weighted by Crippen LogP contribution is 2.43. The molecule has 0 saturated carbocycles. The van der Waals surface area contributed by atoms with Crippen LogP contribution in [-0.2, 0) is 5.41 Å². The van der Waals surface area contributed by atoms with Crippen LogP contribution in [0.25, 0.3) is 0 Å². The second-order valence-electron chi connectivity index (χ2n) is 12.5. The van der Waals surface area contributed by atoms with E-state index in [-0.39, 0.29) is 23.7 Å². The van der Waals surface area contributed by atoms with Crippen molar-refractivity contribution >= 4 is 17.6 Å². The van der Waals surface area contributed by atoms with E-state index >= 15 is 0 Å². The van der Waals surface area contributed by atoms with Crippen molar-refractivity contribution in [2.75, 3.05) is 51.2 Å². The number of hydrogen-bond acceptors (Lipinski definition) is 7. The van der Waals surface area contributed by atoms with Crippen LogP contribution < -0.4 is 20.9 Å². The minimum absolute atomic E-state index is 0.0553. The standard InChI is InChI=1S/C35H45N7O3/c1-3-7-30(40-34(44)37-2)18-35(28-8-5-4-6-9-28,24-38-33(43)32-23-45-25-39-32)29-14-16-41(17-15-29)20-27-21-42(22-27)31-12-10-26(19-36)11-13-31/h4-6,8-13,23,25,27,29-30H,3,7,14-18,20-22,24H2,1-2H3,(H,38,43)(H2,37,40,44). The summed E-state index contributed by atoms with van der Waals surface area (Å²) >= 11 is 0. The minimum atomic E-state index is -0.392. The number of nitriles is 1. The molecular formula is C35H45N7O3. The third-order valence-corrected chi connectivity index (χ3v) is 9.59. The second kappa shape index (κ2) is 15.1. The molecule has 2 aliphatic rings. The van der Waals surface area contributed by atoms with Crippen LogP contribution in [0.5, 0.6) is 0 Å². The Bertz CT molecular complexity index is 1410. The number of hydrogen-bond donors (Lipinski definition) is 3. The lowest BCUT2D eigenvalue weighted by Gasteiger charge is -2.49. The number of nitrogens with zero attached hydrogens (tertiary/aromatic N) is 4. The monoisotopic (exact) mass is 611 g/mol. The molecule has 0 bridgehead atoms. The lowest BCUT2D eigenvalue weighted by molar-refractivity contribution is 0.0829. The lowest BCUT2D eigenvalue weighted by Crippen LogP contribution is -2.55. The Hall–Kier alpha value is -4.36. The van der Waals surface area contributed by atoms with Crippen LogP contribution >= 0.6 is 0 Å². The Labute approximate surface area is 266 Å². The fraction of sp³-hybridized carbons (Fsp3) is 0.486. The summed E-state index contributed by atoms with van der Waals surface area (Å²) in [5.41, 5.74) is 2.91. The number of anilines is 1. The molecule has 0 aliphatic carbocycles. The summed E-state index contributed by atoms with van der Waals surface area (Å²) in [6.45, 7) is 7.67. The third kappa shape index (κ3) is 7.84. The van der Waals surface area contributed by atoms with E-state index < -0.39 is 5.41 Å². The molecule has 10 nitrogen and oxygen atoms in total. The zero-order chi connectivity index (χ0) is 31.6. The largest absolute Gasteiger partial charge is 0.451 e. The quantitative estimate of drug-likeness (QED) is 0.259. The first-order chi connectivity index (χ1) is 21.9. The van der Waals surface area contributed by atoms with Gasteiger partial charge in [-0.25, -0.2) is 9.78 Å². The van der Waals surface area contributed by atoms with E-state index in [1.165, 1.54) is 23.9 Å². The summed E-state index contributed by atoms with van der Waals surface area (Å²) in [5.74, 6) is 0.657. The third-order valence-electron chi connectivity index (χ3n) is 9.59. The molecule has 2 saturated heterocycles. The highest BCUT2D eigenvalue weighted by atomic mass is 16.3. The highest BCUT2D eigenvalue weighted by molar-refractivity contribution is 5.91. The first-order valence-electron chi connectivity index (χ1n) is 16.1.